The van der Waals surface area contributed by atoms with Gasteiger partial charge in [-0.05, 0) is 18.6 Å². The Kier molecular flexibility index (Phi) is 5.78. The summed E-state index contributed by atoms with van der Waals surface area (Å²) in [6, 6.07) is 16.5. The van der Waals surface area contributed by atoms with Gasteiger partial charge >= 0.3 is 0 Å². The first-order valence-corrected chi connectivity index (χ1v) is 7.23. The summed E-state index contributed by atoms with van der Waals surface area (Å²) < 4.78 is 5.40. The van der Waals surface area contributed by atoms with E-state index in [1.807, 2.05) is 18.2 Å². The lowest BCUT2D eigenvalue weighted by Gasteiger charge is -2.22. The van der Waals surface area contributed by atoms with Crippen molar-refractivity contribution in [2.45, 2.75) is 20.0 Å². The summed E-state index contributed by atoms with van der Waals surface area (Å²) in [6.45, 7) is 4.47. The van der Waals surface area contributed by atoms with Gasteiger partial charge in [0.1, 0.15) is 5.75 Å². The zero-order valence-electron chi connectivity index (χ0n) is 12.7. The standard InChI is InChI=1S/C18H23NO2/c1-15-7-9-16(10-8-15)13-19(11-12-20)14-17-5-3-4-6-18(17)21-2/h3-10,20H,11-14H2,1-2H3. The Morgan fingerprint density at radius 2 is 1.71 bits per heavy atom. The SMILES string of the molecule is COc1ccccc1CN(CCO)Cc1ccc(C)cc1. The molecule has 2 aromatic rings. The van der Waals surface area contributed by atoms with Gasteiger partial charge in [0.2, 0.25) is 0 Å². The first-order chi connectivity index (χ1) is 10.2. The molecule has 0 saturated heterocycles. The smallest absolute Gasteiger partial charge is 0.123 e. The minimum Gasteiger partial charge on any atom is -0.496 e. The molecule has 2 aromatic carbocycles. The minimum atomic E-state index is 0.154. The van der Waals surface area contributed by atoms with Crippen LogP contribution in [0.3, 0.4) is 0 Å². The van der Waals surface area contributed by atoms with E-state index in [-0.39, 0.29) is 6.61 Å². The first-order valence-electron chi connectivity index (χ1n) is 7.23. The monoisotopic (exact) mass is 285 g/mol. The normalized spacial score (nSPS) is 10.9. The fourth-order valence-electron chi connectivity index (χ4n) is 2.38. The molecule has 3 nitrogen and oxygen atoms in total. The molecule has 21 heavy (non-hydrogen) atoms. The van der Waals surface area contributed by atoms with E-state index in [9.17, 15) is 5.11 Å². The molecule has 0 saturated carbocycles. The third-order valence-electron chi connectivity index (χ3n) is 3.53. The van der Waals surface area contributed by atoms with Crippen LogP contribution in [-0.4, -0.2) is 30.3 Å². The third-order valence-corrected chi connectivity index (χ3v) is 3.53. The summed E-state index contributed by atoms with van der Waals surface area (Å²) in [4.78, 5) is 2.22. The van der Waals surface area contributed by atoms with Gasteiger partial charge in [0.25, 0.3) is 0 Å². The van der Waals surface area contributed by atoms with Crippen molar-refractivity contribution in [1.29, 1.82) is 0 Å². The minimum absolute atomic E-state index is 0.154. The van der Waals surface area contributed by atoms with Crippen LogP contribution in [0.2, 0.25) is 0 Å². The molecule has 0 aliphatic rings. The average Bonchev–Trinajstić information content (AvgIpc) is 2.50. The number of aliphatic hydroxyl groups excluding tert-OH is 1. The highest BCUT2D eigenvalue weighted by atomic mass is 16.5. The maximum Gasteiger partial charge on any atom is 0.123 e. The summed E-state index contributed by atoms with van der Waals surface area (Å²) in [5.74, 6) is 0.893. The van der Waals surface area contributed by atoms with Crippen molar-refractivity contribution >= 4 is 0 Å². The third kappa shape index (κ3) is 4.59. The molecule has 1 N–H and O–H groups in total. The summed E-state index contributed by atoms with van der Waals surface area (Å²) in [6.07, 6.45) is 0. The summed E-state index contributed by atoms with van der Waals surface area (Å²) in [5, 5.41) is 9.29. The van der Waals surface area contributed by atoms with E-state index in [1.165, 1.54) is 11.1 Å². The molecule has 0 aromatic heterocycles. The maximum atomic E-state index is 9.29. The van der Waals surface area contributed by atoms with Gasteiger partial charge in [-0.15, -0.1) is 0 Å². The number of ether oxygens (including phenoxy) is 1. The molecule has 0 radical (unpaired) electrons. The van der Waals surface area contributed by atoms with Crippen molar-refractivity contribution in [1.82, 2.24) is 4.90 Å². The molecule has 0 unspecified atom stereocenters. The Morgan fingerprint density at radius 3 is 2.38 bits per heavy atom. The Labute approximate surface area is 126 Å². The van der Waals surface area contributed by atoms with E-state index in [1.54, 1.807) is 7.11 Å². The van der Waals surface area contributed by atoms with E-state index >= 15 is 0 Å². The highest BCUT2D eigenvalue weighted by Gasteiger charge is 2.10. The summed E-state index contributed by atoms with van der Waals surface area (Å²) in [5.41, 5.74) is 3.65. The van der Waals surface area contributed by atoms with Crippen molar-refractivity contribution in [3.8, 4) is 5.75 Å². The largest absolute Gasteiger partial charge is 0.496 e. The lowest BCUT2D eigenvalue weighted by Crippen LogP contribution is -2.26. The van der Waals surface area contributed by atoms with Gasteiger partial charge in [-0.1, -0.05) is 48.0 Å². The van der Waals surface area contributed by atoms with Crippen molar-refractivity contribution in [3.63, 3.8) is 0 Å². The molecule has 0 bridgehead atoms. The number of benzene rings is 2. The number of rotatable bonds is 7. The number of nitrogens with zero attached hydrogens (tertiary/aromatic N) is 1. The van der Waals surface area contributed by atoms with Gasteiger partial charge in [0, 0.05) is 25.2 Å². The van der Waals surface area contributed by atoms with E-state index in [2.05, 4.69) is 42.2 Å². The van der Waals surface area contributed by atoms with Crippen LogP contribution in [0.4, 0.5) is 0 Å². The van der Waals surface area contributed by atoms with Crippen LogP contribution in [-0.2, 0) is 13.1 Å². The van der Waals surface area contributed by atoms with Crippen molar-refractivity contribution < 1.29 is 9.84 Å². The molecule has 0 aliphatic carbocycles. The van der Waals surface area contributed by atoms with Crippen LogP contribution in [0.25, 0.3) is 0 Å². The molecule has 0 fully saturated rings. The second kappa shape index (κ2) is 7.81. The molecule has 0 heterocycles. The van der Waals surface area contributed by atoms with Crippen molar-refractivity contribution in [2.24, 2.45) is 0 Å². The molecule has 2 rings (SSSR count). The molecule has 3 heteroatoms. The molecule has 0 atom stereocenters. The highest BCUT2D eigenvalue weighted by molar-refractivity contribution is 5.33. The maximum absolute atomic E-state index is 9.29. The topological polar surface area (TPSA) is 32.7 Å². The van der Waals surface area contributed by atoms with E-state index in [0.717, 1.165) is 24.4 Å². The van der Waals surface area contributed by atoms with Crippen LogP contribution in [0, 0.1) is 6.92 Å². The Hall–Kier alpha value is -1.84. The second-order valence-electron chi connectivity index (χ2n) is 5.23. The number of para-hydroxylation sites is 1. The molecular weight excluding hydrogens is 262 g/mol. The molecule has 112 valence electrons. The fraction of sp³-hybridized carbons (Fsp3) is 0.333. The predicted molar refractivity (Wildman–Crippen MR) is 85.4 cm³/mol. The van der Waals surface area contributed by atoms with Gasteiger partial charge in [0.05, 0.1) is 13.7 Å². The van der Waals surface area contributed by atoms with Crippen LogP contribution < -0.4 is 4.74 Å². The lowest BCUT2D eigenvalue weighted by atomic mass is 10.1. The van der Waals surface area contributed by atoms with Gasteiger partial charge in [-0.3, -0.25) is 4.90 Å². The second-order valence-corrected chi connectivity index (χ2v) is 5.23. The quantitative estimate of drug-likeness (QED) is 0.849. The fourth-order valence-corrected chi connectivity index (χ4v) is 2.38. The van der Waals surface area contributed by atoms with Crippen LogP contribution in [0.5, 0.6) is 5.75 Å². The zero-order valence-corrected chi connectivity index (χ0v) is 12.7. The van der Waals surface area contributed by atoms with Gasteiger partial charge in [-0.25, -0.2) is 0 Å². The lowest BCUT2D eigenvalue weighted by molar-refractivity contribution is 0.183. The Bertz CT molecular complexity index is 551. The molecular formula is C18H23NO2. The van der Waals surface area contributed by atoms with Crippen LogP contribution in [0.15, 0.2) is 48.5 Å². The van der Waals surface area contributed by atoms with Gasteiger partial charge < -0.3 is 9.84 Å². The van der Waals surface area contributed by atoms with Crippen LogP contribution >= 0.6 is 0 Å². The van der Waals surface area contributed by atoms with E-state index in [4.69, 9.17) is 4.74 Å². The number of methoxy groups -OCH3 is 1. The molecule has 0 amide bonds. The number of hydrogen-bond acceptors (Lipinski definition) is 3. The summed E-state index contributed by atoms with van der Waals surface area (Å²) >= 11 is 0. The first kappa shape index (κ1) is 15.5. The average molecular weight is 285 g/mol. The number of aliphatic hydroxyl groups is 1. The zero-order chi connectivity index (χ0) is 15.1. The van der Waals surface area contributed by atoms with Crippen molar-refractivity contribution in [2.75, 3.05) is 20.3 Å². The van der Waals surface area contributed by atoms with Crippen molar-refractivity contribution in [3.05, 3.63) is 65.2 Å². The number of aryl methyl sites for hydroxylation is 1. The predicted octanol–water partition coefficient (Wildman–Crippen LogP) is 3.00. The Morgan fingerprint density at radius 1 is 1.00 bits per heavy atom. The Balaban J connectivity index is 2.09. The van der Waals surface area contributed by atoms with Gasteiger partial charge in [0.15, 0.2) is 0 Å². The summed E-state index contributed by atoms with van der Waals surface area (Å²) in [7, 11) is 1.69. The number of hydrogen-bond donors (Lipinski definition) is 1. The highest BCUT2D eigenvalue weighted by Crippen LogP contribution is 2.20. The molecule has 0 spiro atoms. The molecule has 0 aliphatic heterocycles. The van der Waals surface area contributed by atoms with E-state index < -0.39 is 0 Å². The van der Waals surface area contributed by atoms with Gasteiger partial charge in [-0.2, -0.15) is 0 Å². The van der Waals surface area contributed by atoms with Crippen LogP contribution in [0.1, 0.15) is 16.7 Å². The van der Waals surface area contributed by atoms with E-state index in [0.29, 0.717) is 6.54 Å².